The van der Waals surface area contributed by atoms with E-state index in [4.69, 9.17) is 4.74 Å². The van der Waals surface area contributed by atoms with Crippen LogP contribution in [0.2, 0.25) is 0 Å². The number of esters is 2. The summed E-state index contributed by atoms with van der Waals surface area (Å²) in [6, 6.07) is 22.3. The molecule has 0 aliphatic carbocycles. The number of hydrogen-bond donors (Lipinski definition) is 0. The molecule has 0 amide bonds. The zero-order valence-electron chi connectivity index (χ0n) is 17.5. The summed E-state index contributed by atoms with van der Waals surface area (Å²) >= 11 is 0. The van der Waals surface area contributed by atoms with Gasteiger partial charge in [-0.05, 0) is 62.6 Å². The molecule has 0 N–H and O–H groups in total. The van der Waals surface area contributed by atoms with Gasteiger partial charge in [-0.25, -0.2) is 9.59 Å². The topological polar surface area (TPSA) is 48.3 Å². The van der Waals surface area contributed by atoms with Gasteiger partial charge in [-0.1, -0.05) is 54.1 Å². The molecule has 0 bridgehead atoms. The molecule has 2 heterocycles. The molecule has 4 nitrogen and oxygen atoms in total. The standard InChI is InChI=1S/C26H23NO3/c1-16(2)23-24(26(29)30-25(23)28)17(3)21-15-22(19-11-7-5-8-12-19)27(18(21)4)20-13-9-6-10-14-20/h5-15H,1-4H3/b24-17+. The number of nitrogens with zero attached hydrogens (tertiary/aromatic N) is 1. The van der Waals surface area contributed by atoms with E-state index in [-0.39, 0.29) is 0 Å². The lowest BCUT2D eigenvalue weighted by atomic mass is 9.94. The first kappa shape index (κ1) is 19.6. The predicted molar refractivity (Wildman–Crippen MR) is 118 cm³/mol. The quantitative estimate of drug-likeness (QED) is 0.326. The largest absolute Gasteiger partial charge is 0.386 e. The Morgan fingerprint density at radius 1 is 0.800 bits per heavy atom. The van der Waals surface area contributed by atoms with Crippen LogP contribution < -0.4 is 0 Å². The van der Waals surface area contributed by atoms with Crippen molar-refractivity contribution in [2.45, 2.75) is 27.7 Å². The van der Waals surface area contributed by atoms with E-state index in [1.54, 1.807) is 0 Å². The van der Waals surface area contributed by atoms with Gasteiger partial charge in [0.2, 0.25) is 0 Å². The van der Waals surface area contributed by atoms with Gasteiger partial charge in [0.25, 0.3) is 0 Å². The van der Waals surface area contributed by atoms with Crippen LogP contribution in [0.4, 0.5) is 0 Å². The highest BCUT2D eigenvalue weighted by molar-refractivity contribution is 6.22. The number of carbonyl (C=O) groups is 2. The summed E-state index contributed by atoms with van der Waals surface area (Å²) in [5.41, 5.74) is 7.26. The summed E-state index contributed by atoms with van der Waals surface area (Å²) in [6.45, 7) is 7.55. The molecule has 4 rings (SSSR count). The third-order valence-corrected chi connectivity index (χ3v) is 5.45. The number of aromatic nitrogens is 1. The molecule has 1 fully saturated rings. The third-order valence-electron chi connectivity index (χ3n) is 5.45. The Hall–Kier alpha value is -3.66. The molecule has 150 valence electrons. The van der Waals surface area contributed by atoms with Crippen LogP contribution in [0.5, 0.6) is 0 Å². The third kappa shape index (κ3) is 3.20. The molecule has 0 unspecified atom stereocenters. The number of ether oxygens (including phenoxy) is 1. The maximum absolute atomic E-state index is 12.5. The smallest absolute Gasteiger partial charge is 0.347 e. The van der Waals surface area contributed by atoms with E-state index in [0.29, 0.717) is 11.1 Å². The van der Waals surface area contributed by atoms with Crippen molar-refractivity contribution in [2.24, 2.45) is 0 Å². The molecular formula is C26H23NO3. The zero-order chi connectivity index (χ0) is 21.4. The lowest BCUT2D eigenvalue weighted by Gasteiger charge is -2.12. The molecule has 2 aromatic carbocycles. The van der Waals surface area contributed by atoms with Crippen LogP contribution >= 0.6 is 0 Å². The highest BCUT2D eigenvalue weighted by Gasteiger charge is 2.36. The summed E-state index contributed by atoms with van der Waals surface area (Å²) < 4.78 is 7.12. The molecule has 0 spiro atoms. The van der Waals surface area contributed by atoms with E-state index in [1.165, 1.54) is 0 Å². The van der Waals surface area contributed by atoms with Crippen LogP contribution in [-0.2, 0) is 14.3 Å². The second-order valence-corrected chi connectivity index (χ2v) is 7.62. The van der Waals surface area contributed by atoms with E-state index < -0.39 is 11.9 Å². The summed E-state index contributed by atoms with van der Waals surface area (Å²) in [6.07, 6.45) is 0. The normalized spacial score (nSPS) is 15.4. The lowest BCUT2D eigenvalue weighted by Crippen LogP contribution is -2.02. The van der Waals surface area contributed by atoms with Gasteiger partial charge in [-0.2, -0.15) is 0 Å². The first-order valence-corrected chi connectivity index (χ1v) is 9.89. The van der Waals surface area contributed by atoms with Gasteiger partial charge in [0.1, 0.15) is 0 Å². The molecule has 4 heteroatoms. The number of rotatable bonds is 3. The van der Waals surface area contributed by atoms with Crippen molar-refractivity contribution < 1.29 is 14.3 Å². The molecule has 3 aromatic rings. The van der Waals surface area contributed by atoms with E-state index in [1.807, 2.05) is 64.1 Å². The first-order valence-electron chi connectivity index (χ1n) is 9.89. The van der Waals surface area contributed by atoms with Crippen molar-refractivity contribution >= 4 is 17.5 Å². The second kappa shape index (κ2) is 7.64. The van der Waals surface area contributed by atoms with Gasteiger partial charge >= 0.3 is 11.9 Å². The van der Waals surface area contributed by atoms with Crippen molar-refractivity contribution in [3.63, 3.8) is 0 Å². The van der Waals surface area contributed by atoms with Crippen molar-refractivity contribution in [2.75, 3.05) is 0 Å². The highest BCUT2D eigenvalue weighted by atomic mass is 16.6. The maximum Gasteiger partial charge on any atom is 0.347 e. The Bertz CT molecular complexity index is 1210. The minimum Gasteiger partial charge on any atom is -0.386 e. The first-order chi connectivity index (χ1) is 14.4. The van der Waals surface area contributed by atoms with E-state index in [2.05, 4.69) is 34.9 Å². The van der Waals surface area contributed by atoms with Gasteiger partial charge in [0.05, 0.1) is 16.8 Å². The van der Waals surface area contributed by atoms with E-state index >= 15 is 0 Å². The molecule has 0 radical (unpaired) electrons. The molecular weight excluding hydrogens is 374 g/mol. The molecule has 1 aliphatic heterocycles. The monoisotopic (exact) mass is 397 g/mol. The van der Waals surface area contributed by atoms with Gasteiger partial charge in [0.15, 0.2) is 0 Å². The number of cyclic esters (lactones) is 2. The van der Waals surface area contributed by atoms with Crippen molar-refractivity contribution in [1.82, 2.24) is 4.57 Å². The molecule has 0 saturated carbocycles. The lowest BCUT2D eigenvalue weighted by molar-refractivity contribution is -0.149. The minimum absolute atomic E-state index is 0.355. The van der Waals surface area contributed by atoms with Crippen LogP contribution in [0.3, 0.4) is 0 Å². The zero-order valence-corrected chi connectivity index (χ0v) is 17.5. The Labute approximate surface area is 176 Å². The average molecular weight is 397 g/mol. The molecule has 30 heavy (non-hydrogen) atoms. The summed E-state index contributed by atoms with van der Waals surface area (Å²) in [5.74, 6) is -1.15. The molecule has 1 saturated heterocycles. The molecule has 1 aromatic heterocycles. The Morgan fingerprint density at radius 3 is 1.97 bits per heavy atom. The Kier molecular flexibility index (Phi) is 5.00. The number of carbonyl (C=O) groups excluding carboxylic acids is 2. The predicted octanol–water partition coefficient (Wildman–Crippen LogP) is 5.65. The van der Waals surface area contributed by atoms with Gasteiger partial charge in [0, 0.05) is 11.4 Å². The number of benzene rings is 2. The second-order valence-electron chi connectivity index (χ2n) is 7.62. The fraction of sp³-hybridized carbons (Fsp3) is 0.154. The van der Waals surface area contributed by atoms with Crippen molar-refractivity contribution in [3.8, 4) is 16.9 Å². The molecule has 0 atom stereocenters. The minimum atomic E-state index is -0.582. The maximum atomic E-state index is 12.5. The molecule has 1 aliphatic rings. The Morgan fingerprint density at radius 2 is 1.37 bits per heavy atom. The van der Waals surface area contributed by atoms with Crippen molar-refractivity contribution in [1.29, 1.82) is 0 Å². The van der Waals surface area contributed by atoms with Crippen LogP contribution in [0.25, 0.3) is 22.5 Å². The van der Waals surface area contributed by atoms with Gasteiger partial charge in [-0.3, -0.25) is 0 Å². The average Bonchev–Trinajstić information content (AvgIpc) is 3.24. The van der Waals surface area contributed by atoms with Crippen molar-refractivity contribution in [3.05, 3.63) is 94.7 Å². The number of para-hydroxylation sites is 1. The van der Waals surface area contributed by atoms with Gasteiger partial charge < -0.3 is 9.30 Å². The van der Waals surface area contributed by atoms with Crippen LogP contribution in [-0.4, -0.2) is 16.5 Å². The highest BCUT2D eigenvalue weighted by Crippen LogP contribution is 2.37. The van der Waals surface area contributed by atoms with E-state index in [0.717, 1.165) is 39.3 Å². The SMILES string of the molecule is CC(C)=C1C(=O)OC(=O)/C1=C(\C)c1cc(-c2ccccc2)n(-c2ccccc2)c1C. The number of allylic oxidation sites excluding steroid dienone is 2. The van der Waals surface area contributed by atoms with Crippen LogP contribution in [0.15, 0.2) is 83.4 Å². The fourth-order valence-electron chi connectivity index (χ4n) is 4.04. The van der Waals surface area contributed by atoms with E-state index in [9.17, 15) is 9.59 Å². The summed E-state index contributed by atoms with van der Waals surface area (Å²) in [4.78, 5) is 24.7. The summed E-state index contributed by atoms with van der Waals surface area (Å²) in [7, 11) is 0. The number of hydrogen-bond acceptors (Lipinski definition) is 3. The van der Waals surface area contributed by atoms with Gasteiger partial charge in [-0.15, -0.1) is 0 Å². The summed E-state index contributed by atoms with van der Waals surface area (Å²) in [5, 5.41) is 0. The van der Waals surface area contributed by atoms with Crippen LogP contribution in [0.1, 0.15) is 32.0 Å². The van der Waals surface area contributed by atoms with Crippen LogP contribution in [0, 0.1) is 6.92 Å². The Balaban J connectivity index is 2.01. The fourth-order valence-corrected chi connectivity index (χ4v) is 4.04.